The second-order valence-electron chi connectivity index (χ2n) is 13.3. The van der Waals surface area contributed by atoms with E-state index in [1.54, 1.807) is 29.9 Å². The Morgan fingerprint density at radius 2 is 1.62 bits per heavy atom. The van der Waals surface area contributed by atoms with Gasteiger partial charge in [0.05, 0.1) is 41.9 Å². The van der Waals surface area contributed by atoms with Gasteiger partial charge in [-0.25, -0.2) is 9.59 Å². The first-order chi connectivity index (χ1) is 25.4. The lowest BCUT2D eigenvalue weighted by Gasteiger charge is -2.30. The fourth-order valence-corrected chi connectivity index (χ4v) is 6.89. The molecular weight excluding hydrogens is 677 g/mol. The Morgan fingerprint density at radius 1 is 0.904 bits per heavy atom. The summed E-state index contributed by atoms with van der Waals surface area (Å²) in [6.07, 6.45) is 6.38. The number of amides is 3. The summed E-state index contributed by atoms with van der Waals surface area (Å²) < 4.78 is 11.1. The number of aromatic nitrogens is 2. The zero-order chi connectivity index (χ0) is 36.4. The molecule has 2 N–H and O–H groups in total. The number of ketones is 1. The number of hydrogen-bond donors (Lipinski definition) is 2. The molecule has 0 spiro atoms. The van der Waals surface area contributed by atoms with Gasteiger partial charge in [-0.1, -0.05) is 66.7 Å². The Hall–Kier alpha value is -4.65. The van der Waals surface area contributed by atoms with E-state index in [1.807, 2.05) is 54.6 Å². The summed E-state index contributed by atoms with van der Waals surface area (Å²) >= 11 is 1.44. The molecule has 0 unspecified atom stereocenters. The van der Waals surface area contributed by atoms with Crippen LogP contribution >= 0.6 is 11.3 Å². The maximum atomic E-state index is 14.3. The van der Waals surface area contributed by atoms with Crippen LogP contribution in [0.3, 0.4) is 0 Å². The maximum Gasteiger partial charge on any atom is 0.407 e. The minimum Gasteiger partial charge on any atom is -0.444 e. The number of Topliss-reactive ketones (excluding diaryl/α,β-unsaturated/α-hetero) is 1. The third-order valence-corrected chi connectivity index (χ3v) is 10.0. The van der Waals surface area contributed by atoms with Gasteiger partial charge in [-0.2, -0.15) is 0 Å². The van der Waals surface area contributed by atoms with Crippen molar-refractivity contribution >= 4 is 29.2 Å². The van der Waals surface area contributed by atoms with Crippen LogP contribution in [0.4, 0.5) is 9.59 Å². The zero-order valence-corrected chi connectivity index (χ0v) is 30.7. The number of hydrogen-bond acceptors (Lipinski definition) is 9. The second-order valence-corrected chi connectivity index (χ2v) is 14.3. The van der Waals surface area contributed by atoms with Gasteiger partial charge in [-0.15, -0.1) is 11.3 Å². The smallest absolute Gasteiger partial charge is 0.407 e. The van der Waals surface area contributed by atoms with Crippen LogP contribution in [0.5, 0.6) is 0 Å². The standard InChI is InChI=1S/C40H50N6O5S/c1-45(28-35-14-8-9-18-42-35)39(48)44-37(17-19-46-20-22-50-23-21-46)38(47)26-33(24-31-10-4-2-5-11-31)15-16-34(25-32-12-6-3-7-13-32)43-40(49)51-29-36-27-41-30-52-36/h2-14,18,27,30,33-34,37H,15-17,19-26,28-29H2,1H3,(H,43,49)(H,44,48)/t33-,34-,37+/m1/s1. The predicted molar refractivity (Wildman–Crippen MR) is 202 cm³/mol. The molecule has 0 radical (unpaired) electrons. The molecule has 3 amide bonds. The summed E-state index contributed by atoms with van der Waals surface area (Å²) in [6, 6.07) is 24.7. The Balaban J connectivity index is 1.28. The molecule has 2 aromatic heterocycles. The number of pyridine rings is 1. The van der Waals surface area contributed by atoms with Crippen molar-refractivity contribution < 1.29 is 23.9 Å². The van der Waals surface area contributed by atoms with Crippen LogP contribution in [0.25, 0.3) is 0 Å². The molecule has 3 heterocycles. The summed E-state index contributed by atoms with van der Waals surface area (Å²) in [6.45, 7) is 4.09. The summed E-state index contributed by atoms with van der Waals surface area (Å²) in [5, 5.41) is 6.16. The SMILES string of the molecule is CN(Cc1ccccn1)C(=O)N[C@@H](CCN1CCOCC1)C(=O)C[C@H](CC[C@H](Cc1ccccc1)NC(=O)OCc1cncs1)Cc1ccccc1. The fourth-order valence-electron chi connectivity index (χ4n) is 6.39. The quantitative estimate of drug-likeness (QED) is 0.122. The van der Waals surface area contributed by atoms with E-state index in [4.69, 9.17) is 9.47 Å². The average Bonchev–Trinajstić information content (AvgIpc) is 3.70. The molecule has 1 aliphatic rings. The van der Waals surface area contributed by atoms with E-state index >= 15 is 0 Å². The number of rotatable bonds is 19. The van der Waals surface area contributed by atoms with Gasteiger partial charge >= 0.3 is 12.1 Å². The Labute approximate surface area is 310 Å². The van der Waals surface area contributed by atoms with E-state index < -0.39 is 12.1 Å². The number of urea groups is 1. The van der Waals surface area contributed by atoms with Crippen molar-refractivity contribution in [2.24, 2.45) is 5.92 Å². The average molecular weight is 727 g/mol. The molecule has 276 valence electrons. The minimum atomic E-state index is -0.653. The van der Waals surface area contributed by atoms with Crippen LogP contribution in [0.2, 0.25) is 0 Å². The Bertz CT molecular complexity index is 1620. The topological polar surface area (TPSA) is 126 Å². The van der Waals surface area contributed by atoms with Crippen molar-refractivity contribution in [1.29, 1.82) is 0 Å². The van der Waals surface area contributed by atoms with Crippen molar-refractivity contribution in [3.8, 4) is 0 Å². The fraction of sp³-hybridized carbons (Fsp3) is 0.425. The molecule has 1 saturated heterocycles. The molecule has 52 heavy (non-hydrogen) atoms. The second kappa shape index (κ2) is 21.0. The first-order valence-electron chi connectivity index (χ1n) is 18.0. The number of nitrogens with zero attached hydrogens (tertiary/aromatic N) is 4. The molecule has 1 fully saturated rings. The molecule has 2 aromatic carbocycles. The highest BCUT2D eigenvalue weighted by atomic mass is 32.1. The van der Waals surface area contributed by atoms with Crippen LogP contribution in [0, 0.1) is 5.92 Å². The Kier molecular flexibility index (Phi) is 15.6. The number of alkyl carbamates (subject to hydrolysis) is 1. The van der Waals surface area contributed by atoms with Gasteiger partial charge in [0, 0.05) is 51.5 Å². The number of nitrogens with one attached hydrogen (secondary N) is 2. The number of morpholine rings is 1. The van der Waals surface area contributed by atoms with Gasteiger partial charge in [0.25, 0.3) is 0 Å². The van der Waals surface area contributed by atoms with Gasteiger partial charge in [0.15, 0.2) is 5.78 Å². The number of thiazole rings is 1. The van der Waals surface area contributed by atoms with Gasteiger partial charge in [0.2, 0.25) is 0 Å². The van der Waals surface area contributed by atoms with Crippen LogP contribution in [-0.2, 0) is 40.3 Å². The lowest BCUT2D eigenvalue weighted by Crippen LogP contribution is -2.49. The number of carbonyl (C=O) groups is 3. The van der Waals surface area contributed by atoms with Gasteiger partial charge in [-0.3, -0.25) is 19.7 Å². The maximum absolute atomic E-state index is 14.3. The summed E-state index contributed by atoms with van der Waals surface area (Å²) in [5.41, 5.74) is 4.72. The van der Waals surface area contributed by atoms with Gasteiger partial charge < -0.3 is 25.0 Å². The normalized spacial score (nSPS) is 14.9. The molecule has 0 aliphatic carbocycles. The molecule has 11 nitrogen and oxygen atoms in total. The summed E-state index contributed by atoms with van der Waals surface area (Å²) in [4.78, 5) is 53.8. The molecule has 0 saturated carbocycles. The van der Waals surface area contributed by atoms with Gasteiger partial charge in [-0.05, 0) is 61.3 Å². The lowest BCUT2D eigenvalue weighted by atomic mass is 9.86. The third kappa shape index (κ3) is 13.5. The lowest BCUT2D eigenvalue weighted by molar-refractivity contribution is -0.122. The highest BCUT2D eigenvalue weighted by Crippen LogP contribution is 2.23. The van der Waals surface area contributed by atoms with Crippen molar-refractivity contribution in [1.82, 2.24) is 30.4 Å². The summed E-state index contributed by atoms with van der Waals surface area (Å²) in [7, 11) is 1.72. The highest BCUT2D eigenvalue weighted by molar-refractivity contribution is 7.09. The van der Waals surface area contributed by atoms with E-state index in [1.165, 1.54) is 11.3 Å². The van der Waals surface area contributed by atoms with Crippen molar-refractivity contribution in [3.05, 3.63) is 118 Å². The number of benzene rings is 2. The van der Waals surface area contributed by atoms with Crippen molar-refractivity contribution in [2.45, 2.75) is 63.8 Å². The highest BCUT2D eigenvalue weighted by Gasteiger charge is 2.27. The number of carbonyl (C=O) groups excluding carboxylic acids is 3. The van der Waals surface area contributed by atoms with Crippen LogP contribution < -0.4 is 10.6 Å². The van der Waals surface area contributed by atoms with Crippen LogP contribution in [0.1, 0.15) is 47.4 Å². The van der Waals surface area contributed by atoms with Crippen molar-refractivity contribution in [3.63, 3.8) is 0 Å². The van der Waals surface area contributed by atoms with E-state index in [2.05, 4.69) is 49.8 Å². The first-order valence-corrected chi connectivity index (χ1v) is 18.9. The summed E-state index contributed by atoms with van der Waals surface area (Å²) in [5.74, 6) is -0.0115. The first kappa shape index (κ1) is 38.6. The minimum absolute atomic E-state index is 0.00492. The van der Waals surface area contributed by atoms with Crippen LogP contribution in [-0.4, -0.2) is 89.7 Å². The molecule has 1 aliphatic heterocycles. The largest absolute Gasteiger partial charge is 0.444 e. The molecule has 4 aromatic rings. The van der Waals surface area contributed by atoms with E-state index in [0.29, 0.717) is 64.8 Å². The van der Waals surface area contributed by atoms with Gasteiger partial charge in [0.1, 0.15) is 6.61 Å². The zero-order valence-electron chi connectivity index (χ0n) is 29.9. The number of ether oxygens (including phenoxy) is 2. The van der Waals surface area contributed by atoms with E-state index in [-0.39, 0.29) is 30.4 Å². The van der Waals surface area contributed by atoms with Crippen LogP contribution in [0.15, 0.2) is 96.8 Å². The molecule has 12 heteroatoms. The Morgan fingerprint density at radius 3 is 2.29 bits per heavy atom. The monoisotopic (exact) mass is 726 g/mol. The predicted octanol–water partition coefficient (Wildman–Crippen LogP) is 5.91. The molecule has 0 bridgehead atoms. The molecular formula is C40H50N6O5S. The molecule has 3 atom stereocenters. The van der Waals surface area contributed by atoms with E-state index in [0.717, 1.165) is 34.8 Å². The third-order valence-electron chi connectivity index (χ3n) is 9.25. The molecule has 5 rings (SSSR count). The van der Waals surface area contributed by atoms with E-state index in [9.17, 15) is 14.4 Å². The van der Waals surface area contributed by atoms with Crippen molar-refractivity contribution in [2.75, 3.05) is 39.9 Å².